The second-order valence-corrected chi connectivity index (χ2v) is 4.94. The van der Waals surface area contributed by atoms with Gasteiger partial charge in [0.1, 0.15) is 5.75 Å². The lowest BCUT2D eigenvalue weighted by Gasteiger charge is -2.15. The van der Waals surface area contributed by atoms with Gasteiger partial charge in [-0.15, -0.1) is 0 Å². The molecule has 0 aliphatic carbocycles. The van der Waals surface area contributed by atoms with Crippen molar-refractivity contribution in [3.05, 3.63) is 53.6 Å². The van der Waals surface area contributed by atoms with E-state index in [2.05, 4.69) is 10.1 Å². The first-order valence-electron chi connectivity index (χ1n) is 7.67. The van der Waals surface area contributed by atoms with E-state index < -0.39 is 12.5 Å². The molecule has 0 atom stereocenters. The number of rotatable bonds is 8. The van der Waals surface area contributed by atoms with Crippen molar-refractivity contribution in [1.82, 2.24) is 5.32 Å². The Morgan fingerprint density at radius 1 is 1.12 bits per heavy atom. The van der Waals surface area contributed by atoms with Crippen LogP contribution in [0.2, 0.25) is 0 Å². The normalized spacial score (nSPS) is 10.4. The molecule has 7 heteroatoms. The summed E-state index contributed by atoms with van der Waals surface area (Å²) in [6, 6.07) is 11.6. The average Bonchev–Trinajstić information content (AvgIpc) is 2.60. The molecule has 0 saturated heterocycles. The maximum atomic E-state index is 12.6. The molecule has 134 valence electrons. The highest BCUT2D eigenvalue weighted by molar-refractivity contribution is 5.97. The van der Waals surface area contributed by atoms with Crippen molar-refractivity contribution in [2.45, 2.75) is 20.1 Å². The van der Waals surface area contributed by atoms with Crippen LogP contribution in [0, 0.1) is 0 Å². The summed E-state index contributed by atoms with van der Waals surface area (Å²) in [4.78, 5) is 12.4. The number of amides is 1. The number of halogens is 2. The van der Waals surface area contributed by atoms with Gasteiger partial charge in [-0.2, -0.15) is 8.78 Å². The molecule has 0 aliphatic rings. The summed E-state index contributed by atoms with van der Waals surface area (Å²) in [5.74, 6) is -0.140. The lowest BCUT2D eigenvalue weighted by atomic mass is 10.1. The van der Waals surface area contributed by atoms with Crippen LogP contribution in [-0.4, -0.2) is 26.2 Å². The van der Waals surface area contributed by atoms with E-state index in [0.717, 1.165) is 5.56 Å². The van der Waals surface area contributed by atoms with Crippen LogP contribution in [0.5, 0.6) is 17.2 Å². The van der Waals surface area contributed by atoms with E-state index >= 15 is 0 Å². The van der Waals surface area contributed by atoms with Crippen molar-refractivity contribution in [2.24, 2.45) is 0 Å². The van der Waals surface area contributed by atoms with Gasteiger partial charge >= 0.3 is 6.61 Å². The minimum Gasteiger partial charge on any atom is -0.494 e. The lowest BCUT2D eigenvalue weighted by molar-refractivity contribution is -0.0515. The van der Waals surface area contributed by atoms with Crippen LogP contribution in [0.1, 0.15) is 22.8 Å². The Morgan fingerprint density at radius 2 is 1.84 bits per heavy atom. The summed E-state index contributed by atoms with van der Waals surface area (Å²) in [7, 11) is 1.31. The summed E-state index contributed by atoms with van der Waals surface area (Å²) in [6.45, 7) is -0.533. The standard InChI is InChI=1S/C18H19F2NO4/c1-3-24-14-9-5-4-7-12(14)11-21-17(22)13-8-6-10-15(23-2)16(13)25-18(19)20/h4-10,18H,3,11H2,1-2H3,(H,21,22). The van der Waals surface area contributed by atoms with Crippen molar-refractivity contribution >= 4 is 5.91 Å². The third kappa shape index (κ3) is 4.82. The zero-order valence-electron chi connectivity index (χ0n) is 13.9. The summed E-state index contributed by atoms with van der Waals surface area (Å²) >= 11 is 0. The zero-order chi connectivity index (χ0) is 18.2. The Labute approximate surface area is 144 Å². The number of nitrogens with one attached hydrogen (secondary N) is 1. The van der Waals surface area contributed by atoms with E-state index in [-0.39, 0.29) is 23.6 Å². The molecule has 2 aromatic carbocycles. The summed E-state index contributed by atoms with van der Waals surface area (Å²) in [6.07, 6.45) is 0. The van der Waals surface area contributed by atoms with Crippen LogP contribution in [0.15, 0.2) is 42.5 Å². The molecule has 0 saturated carbocycles. The van der Waals surface area contributed by atoms with Crippen molar-refractivity contribution in [3.8, 4) is 17.2 Å². The molecule has 0 aromatic heterocycles. The molecule has 0 bridgehead atoms. The van der Waals surface area contributed by atoms with Crippen molar-refractivity contribution in [1.29, 1.82) is 0 Å². The monoisotopic (exact) mass is 351 g/mol. The van der Waals surface area contributed by atoms with Gasteiger partial charge in [0.2, 0.25) is 0 Å². The molecule has 2 aromatic rings. The Balaban J connectivity index is 2.19. The molecule has 0 heterocycles. The van der Waals surface area contributed by atoms with E-state index in [0.29, 0.717) is 12.4 Å². The maximum absolute atomic E-state index is 12.6. The molecule has 1 N–H and O–H groups in total. The fourth-order valence-corrected chi connectivity index (χ4v) is 2.28. The molecular formula is C18H19F2NO4. The number of benzene rings is 2. The topological polar surface area (TPSA) is 56.8 Å². The number of para-hydroxylation sites is 2. The van der Waals surface area contributed by atoms with Gasteiger partial charge in [-0.05, 0) is 25.1 Å². The number of carbonyl (C=O) groups excluding carboxylic acids is 1. The Bertz CT molecular complexity index is 722. The van der Waals surface area contributed by atoms with Crippen LogP contribution in [0.3, 0.4) is 0 Å². The van der Waals surface area contributed by atoms with Gasteiger partial charge in [-0.1, -0.05) is 24.3 Å². The Morgan fingerprint density at radius 3 is 2.52 bits per heavy atom. The summed E-state index contributed by atoms with van der Waals surface area (Å²) in [5.41, 5.74) is 0.741. The molecule has 0 spiro atoms. The van der Waals surface area contributed by atoms with Gasteiger partial charge < -0.3 is 19.5 Å². The Hall–Kier alpha value is -2.83. The number of methoxy groups -OCH3 is 1. The van der Waals surface area contributed by atoms with Crippen LogP contribution in [0.4, 0.5) is 8.78 Å². The fourth-order valence-electron chi connectivity index (χ4n) is 2.28. The highest BCUT2D eigenvalue weighted by atomic mass is 19.3. The third-order valence-corrected chi connectivity index (χ3v) is 3.36. The van der Waals surface area contributed by atoms with Gasteiger partial charge in [0, 0.05) is 12.1 Å². The first kappa shape index (κ1) is 18.5. The molecule has 5 nitrogen and oxygen atoms in total. The van der Waals surface area contributed by atoms with E-state index in [1.54, 1.807) is 6.07 Å². The van der Waals surface area contributed by atoms with Crippen LogP contribution < -0.4 is 19.5 Å². The molecule has 0 fully saturated rings. The molecule has 1 amide bonds. The van der Waals surface area contributed by atoms with Gasteiger partial charge in [0.05, 0.1) is 19.3 Å². The predicted molar refractivity (Wildman–Crippen MR) is 88.4 cm³/mol. The highest BCUT2D eigenvalue weighted by Crippen LogP contribution is 2.32. The summed E-state index contributed by atoms with van der Waals surface area (Å²) < 4.78 is 40.2. The van der Waals surface area contributed by atoms with Gasteiger partial charge in [0.15, 0.2) is 11.5 Å². The molecule has 2 rings (SSSR count). The molecule has 0 aliphatic heterocycles. The third-order valence-electron chi connectivity index (χ3n) is 3.36. The van der Waals surface area contributed by atoms with Crippen LogP contribution in [0.25, 0.3) is 0 Å². The number of hydrogen-bond acceptors (Lipinski definition) is 4. The first-order chi connectivity index (χ1) is 12.1. The second kappa shape index (κ2) is 8.86. The average molecular weight is 351 g/mol. The molecule has 0 radical (unpaired) electrons. The van der Waals surface area contributed by atoms with Crippen LogP contribution in [-0.2, 0) is 6.54 Å². The smallest absolute Gasteiger partial charge is 0.387 e. The number of alkyl halides is 2. The molecule has 0 unspecified atom stereocenters. The highest BCUT2D eigenvalue weighted by Gasteiger charge is 2.20. The minimum atomic E-state index is -3.07. The van der Waals surface area contributed by atoms with Crippen molar-refractivity contribution in [2.75, 3.05) is 13.7 Å². The maximum Gasteiger partial charge on any atom is 0.387 e. The van der Waals surface area contributed by atoms with E-state index in [1.165, 1.54) is 25.3 Å². The number of hydrogen-bond donors (Lipinski definition) is 1. The van der Waals surface area contributed by atoms with E-state index in [9.17, 15) is 13.6 Å². The predicted octanol–water partition coefficient (Wildman–Crippen LogP) is 3.63. The molecule has 25 heavy (non-hydrogen) atoms. The van der Waals surface area contributed by atoms with Gasteiger partial charge in [0.25, 0.3) is 5.91 Å². The minimum absolute atomic E-state index is 0.0338. The fraction of sp³-hybridized carbons (Fsp3) is 0.278. The van der Waals surface area contributed by atoms with E-state index in [4.69, 9.17) is 9.47 Å². The lowest BCUT2D eigenvalue weighted by Crippen LogP contribution is -2.24. The SMILES string of the molecule is CCOc1ccccc1CNC(=O)c1cccc(OC)c1OC(F)F. The van der Waals surface area contributed by atoms with Gasteiger partial charge in [-0.3, -0.25) is 4.79 Å². The van der Waals surface area contributed by atoms with Gasteiger partial charge in [-0.25, -0.2) is 0 Å². The van der Waals surface area contributed by atoms with Crippen LogP contribution >= 0.6 is 0 Å². The quantitative estimate of drug-likeness (QED) is 0.789. The largest absolute Gasteiger partial charge is 0.494 e. The second-order valence-electron chi connectivity index (χ2n) is 4.94. The number of carbonyl (C=O) groups is 1. The first-order valence-corrected chi connectivity index (χ1v) is 7.67. The van der Waals surface area contributed by atoms with Crippen molar-refractivity contribution < 1.29 is 27.8 Å². The number of ether oxygens (including phenoxy) is 3. The Kier molecular flexibility index (Phi) is 6.56. The van der Waals surface area contributed by atoms with E-state index in [1.807, 2.05) is 25.1 Å². The van der Waals surface area contributed by atoms with Crippen molar-refractivity contribution in [3.63, 3.8) is 0 Å². The molecular weight excluding hydrogens is 332 g/mol. The summed E-state index contributed by atoms with van der Waals surface area (Å²) in [5, 5.41) is 2.68. The zero-order valence-corrected chi connectivity index (χ0v) is 13.9.